The molecule has 1 aromatic carbocycles. The third-order valence-corrected chi connectivity index (χ3v) is 3.11. The van der Waals surface area contributed by atoms with Crippen molar-refractivity contribution in [2.75, 3.05) is 19.0 Å². The average Bonchev–Trinajstić information content (AvgIpc) is 2.53. The zero-order chi connectivity index (χ0) is 15.1. The van der Waals surface area contributed by atoms with E-state index in [9.17, 15) is 0 Å². The van der Waals surface area contributed by atoms with Gasteiger partial charge in [-0.3, -0.25) is 0 Å². The van der Waals surface area contributed by atoms with Gasteiger partial charge in [0.05, 0.1) is 12.7 Å². The molecule has 0 radical (unpaired) electrons. The average molecular weight is 287 g/mol. The van der Waals surface area contributed by atoms with Gasteiger partial charge in [-0.1, -0.05) is 19.1 Å². The van der Waals surface area contributed by atoms with Crippen molar-refractivity contribution in [1.82, 2.24) is 9.97 Å². The predicted octanol–water partition coefficient (Wildman–Crippen LogP) is 3.06. The van der Waals surface area contributed by atoms with Crippen LogP contribution >= 0.6 is 0 Å². The van der Waals surface area contributed by atoms with Crippen LogP contribution in [0.25, 0.3) is 0 Å². The smallest absolute Gasteiger partial charge is 0.222 e. The Hall–Kier alpha value is -2.30. The van der Waals surface area contributed by atoms with Crippen molar-refractivity contribution < 1.29 is 9.47 Å². The molecule has 0 saturated heterocycles. The first-order valence-electron chi connectivity index (χ1n) is 7.12. The van der Waals surface area contributed by atoms with Crippen LogP contribution in [0, 0.1) is 0 Å². The predicted molar refractivity (Wildman–Crippen MR) is 82.9 cm³/mol. The van der Waals surface area contributed by atoms with Gasteiger partial charge in [0, 0.05) is 6.54 Å². The van der Waals surface area contributed by atoms with Crippen LogP contribution in [-0.2, 0) is 13.0 Å². The van der Waals surface area contributed by atoms with E-state index in [1.807, 2.05) is 31.2 Å². The summed E-state index contributed by atoms with van der Waals surface area (Å²) in [6, 6.07) is 7.82. The summed E-state index contributed by atoms with van der Waals surface area (Å²) in [5.74, 6) is 2.30. The molecule has 0 fully saturated rings. The van der Waals surface area contributed by atoms with E-state index in [-0.39, 0.29) is 0 Å². The van der Waals surface area contributed by atoms with Crippen LogP contribution in [0.15, 0.2) is 30.6 Å². The van der Waals surface area contributed by atoms with Gasteiger partial charge in [-0.05, 0) is 31.0 Å². The largest absolute Gasteiger partial charge is 0.497 e. The highest BCUT2D eigenvalue weighted by Crippen LogP contribution is 2.23. The Morgan fingerprint density at radius 2 is 2.05 bits per heavy atom. The van der Waals surface area contributed by atoms with E-state index in [2.05, 4.69) is 22.2 Å². The zero-order valence-corrected chi connectivity index (χ0v) is 12.7. The Balaban J connectivity index is 2.13. The number of rotatable bonds is 7. The van der Waals surface area contributed by atoms with Crippen LogP contribution < -0.4 is 14.8 Å². The molecule has 0 spiro atoms. The van der Waals surface area contributed by atoms with Gasteiger partial charge in [0.15, 0.2) is 0 Å². The topological polar surface area (TPSA) is 56.3 Å². The molecule has 2 aromatic rings. The summed E-state index contributed by atoms with van der Waals surface area (Å²) < 4.78 is 11.1. The van der Waals surface area contributed by atoms with Gasteiger partial charge in [-0.15, -0.1) is 0 Å². The Labute approximate surface area is 125 Å². The molecule has 21 heavy (non-hydrogen) atoms. The SMILES string of the molecule is CCNc1ncnc(OCc2cccc(OC)c2)c1CC. The standard InChI is InChI=1S/C16H21N3O2/c1-4-14-15(17-5-2)18-11-19-16(14)21-10-12-7-6-8-13(9-12)20-3/h6-9,11H,4-5,10H2,1-3H3,(H,17,18,19). The molecule has 0 unspecified atom stereocenters. The minimum Gasteiger partial charge on any atom is -0.497 e. The lowest BCUT2D eigenvalue weighted by atomic mass is 10.2. The van der Waals surface area contributed by atoms with Crippen molar-refractivity contribution in [3.8, 4) is 11.6 Å². The number of aromatic nitrogens is 2. The highest BCUT2D eigenvalue weighted by Gasteiger charge is 2.10. The van der Waals surface area contributed by atoms with E-state index in [1.165, 1.54) is 6.33 Å². The van der Waals surface area contributed by atoms with E-state index in [0.29, 0.717) is 12.5 Å². The molecule has 0 aliphatic carbocycles. The van der Waals surface area contributed by atoms with Gasteiger partial charge in [-0.2, -0.15) is 0 Å². The maximum atomic E-state index is 5.85. The molecular formula is C16H21N3O2. The number of nitrogens with one attached hydrogen (secondary N) is 1. The molecule has 2 rings (SSSR count). The fraction of sp³-hybridized carbons (Fsp3) is 0.375. The van der Waals surface area contributed by atoms with Crippen molar-refractivity contribution in [3.63, 3.8) is 0 Å². The second kappa shape index (κ2) is 7.47. The normalized spacial score (nSPS) is 10.2. The molecule has 0 aliphatic rings. The zero-order valence-electron chi connectivity index (χ0n) is 12.7. The second-order valence-corrected chi connectivity index (χ2v) is 4.53. The van der Waals surface area contributed by atoms with Crippen molar-refractivity contribution in [3.05, 3.63) is 41.7 Å². The lowest BCUT2D eigenvalue weighted by Gasteiger charge is -2.13. The van der Waals surface area contributed by atoms with Crippen LogP contribution in [0.1, 0.15) is 25.0 Å². The van der Waals surface area contributed by atoms with Crippen molar-refractivity contribution in [2.45, 2.75) is 26.9 Å². The quantitative estimate of drug-likeness (QED) is 0.848. The van der Waals surface area contributed by atoms with Crippen LogP contribution in [0.3, 0.4) is 0 Å². The van der Waals surface area contributed by atoms with Gasteiger partial charge in [0.2, 0.25) is 5.88 Å². The van der Waals surface area contributed by atoms with E-state index in [1.54, 1.807) is 7.11 Å². The van der Waals surface area contributed by atoms with Crippen LogP contribution in [0.2, 0.25) is 0 Å². The van der Waals surface area contributed by atoms with Crippen molar-refractivity contribution in [2.24, 2.45) is 0 Å². The lowest BCUT2D eigenvalue weighted by molar-refractivity contribution is 0.289. The van der Waals surface area contributed by atoms with E-state index >= 15 is 0 Å². The number of ether oxygens (including phenoxy) is 2. The summed E-state index contributed by atoms with van der Waals surface area (Å²) in [5, 5.41) is 3.23. The monoisotopic (exact) mass is 287 g/mol. The second-order valence-electron chi connectivity index (χ2n) is 4.53. The van der Waals surface area contributed by atoms with Crippen molar-refractivity contribution >= 4 is 5.82 Å². The summed E-state index contributed by atoms with van der Waals surface area (Å²) in [5.41, 5.74) is 2.04. The molecule has 0 amide bonds. The van der Waals surface area contributed by atoms with Gasteiger partial charge >= 0.3 is 0 Å². The number of hydrogen-bond acceptors (Lipinski definition) is 5. The van der Waals surface area contributed by atoms with E-state index < -0.39 is 0 Å². The third kappa shape index (κ3) is 3.84. The van der Waals surface area contributed by atoms with Gasteiger partial charge < -0.3 is 14.8 Å². The third-order valence-electron chi connectivity index (χ3n) is 3.11. The highest BCUT2D eigenvalue weighted by molar-refractivity contribution is 5.48. The minimum atomic E-state index is 0.451. The fourth-order valence-electron chi connectivity index (χ4n) is 2.07. The summed E-state index contributed by atoms with van der Waals surface area (Å²) >= 11 is 0. The summed E-state index contributed by atoms with van der Waals surface area (Å²) in [4.78, 5) is 8.51. The maximum absolute atomic E-state index is 5.85. The summed E-state index contributed by atoms with van der Waals surface area (Å²) in [7, 11) is 1.66. The van der Waals surface area contributed by atoms with Gasteiger partial charge in [0.1, 0.15) is 24.5 Å². The Morgan fingerprint density at radius 3 is 2.76 bits per heavy atom. The molecular weight excluding hydrogens is 266 g/mol. The number of nitrogens with zero attached hydrogens (tertiary/aromatic N) is 2. The van der Waals surface area contributed by atoms with Crippen LogP contribution in [0.5, 0.6) is 11.6 Å². The molecule has 1 heterocycles. The molecule has 0 atom stereocenters. The number of hydrogen-bond donors (Lipinski definition) is 1. The maximum Gasteiger partial charge on any atom is 0.222 e. The number of benzene rings is 1. The summed E-state index contributed by atoms with van der Waals surface area (Å²) in [6.45, 7) is 5.38. The van der Waals surface area contributed by atoms with Gasteiger partial charge in [-0.25, -0.2) is 9.97 Å². The first-order chi connectivity index (χ1) is 10.3. The molecule has 0 bridgehead atoms. The number of anilines is 1. The van der Waals surface area contributed by atoms with E-state index in [0.717, 1.165) is 35.7 Å². The lowest BCUT2D eigenvalue weighted by Crippen LogP contribution is -2.07. The van der Waals surface area contributed by atoms with Crippen LogP contribution in [0.4, 0.5) is 5.82 Å². The number of methoxy groups -OCH3 is 1. The molecule has 0 aliphatic heterocycles. The molecule has 5 heteroatoms. The molecule has 112 valence electrons. The molecule has 1 aromatic heterocycles. The molecule has 0 saturated carbocycles. The Morgan fingerprint density at radius 1 is 1.19 bits per heavy atom. The Kier molecular flexibility index (Phi) is 5.37. The van der Waals surface area contributed by atoms with Crippen LogP contribution in [-0.4, -0.2) is 23.6 Å². The van der Waals surface area contributed by atoms with E-state index in [4.69, 9.17) is 9.47 Å². The van der Waals surface area contributed by atoms with Gasteiger partial charge in [0.25, 0.3) is 0 Å². The highest BCUT2D eigenvalue weighted by atomic mass is 16.5. The summed E-state index contributed by atoms with van der Waals surface area (Å²) in [6.07, 6.45) is 2.34. The molecule has 5 nitrogen and oxygen atoms in total. The molecule has 1 N–H and O–H groups in total. The first kappa shape index (κ1) is 15.1. The van der Waals surface area contributed by atoms with Crippen molar-refractivity contribution in [1.29, 1.82) is 0 Å². The minimum absolute atomic E-state index is 0.451. The Bertz CT molecular complexity index is 587. The fourth-order valence-corrected chi connectivity index (χ4v) is 2.07. The first-order valence-corrected chi connectivity index (χ1v) is 7.12.